The number of nitrogens with one attached hydrogen (secondary N) is 1. The highest BCUT2D eigenvalue weighted by Gasteiger charge is 2.16. The molecule has 3 aromatic rings. The molecule has 2 amide bonds. The summed E-state index contributed by atoms with van der Waals surface area (Å²) in [6.07, 6.45) is 7.31. The first-order valence-corrected chi connectivity index (χ1v) is 12.9. The molecule has 0 bridgehead atoms. The molecule has 1 aliphatic rings. The maximum atomic E-state index is 13.5. The van der Waals surface area contributed by atoms with E-state index in [1.165, 1.54) is 31.4 Å². The summed E-state index contributed by atoms with van der Waals surface area (Å²) in [6.45, 7) is 4.00. The number of carbonyl (C=O) groups is 2. The van der Waals surface area contributed by atoms with Gasteiger partial charge in [0, 0.05) is 24.9 Å². The van der Waals surface area contributed by atoms with Crippen molar-refractivity contribution in [1.82, 2.24) is 10.2 Å². The third kappa shape index (κ3) is 8.40. The number of hydrogen-bond donors (Lipinski definition) is 1. The van der Waals surface area contributed by atoms with Gasteiger partial charge in [-0.05, 0) is 73.0 Å². The number of hydrogen-bond acceptors (Lipinski definition) is 3. The Morgan fingerprint density at radius 2 is 1.65 bits per heavy atom. The van der Waals surface area contributed by atoms with Crippen LogP contribution in [0.5, 0.6) is 0 Å². The summed E-state index contributed by atoms with van der Waals surface area (Å²) in [4.78, 5) is 29.9. The maximum absolute atomic E-state index is 13.5. The van der Waals surface area contributed by atoms with Gasteiger partial charge in [-0.3, -0.25) is 9.59 Å². The van der Waals surface area contributed by atoms with Crippen LogP contribution in [0.1, 0.15) is 36.0 Å². The first-order chi connectivity index (χ1) is 18.1. The second-order valence-electron chi connectivity index (χ2n) is 9.39. The van der Waals surface area contributed by atoms with E-state index in [0.717, 1.165) is 36.3 Å². The maximum Gasteiger partial charge on any atom is 0.251 e. The van der Waals surface area contributed by atoms with Crippen molar-refractivity contribution < 1.29 is 14.0 Å². The van der Waals surface area contributed by atoms with Crippen molar-refractivity contribution in [3.05, 3.63) is 107 Å². The molecular formula is C31H34FN3O2. The molecule has 0 unspecified atom stereocenters. The molecule has 4 rings (SSSR count). The molecule has 6 heteroatoms. The lowest BCUT2D eigenvalue weighted by Crippen LogP contribution is -2.38. The van der Waals surface area contributed by atoms with E-state index >= 15 is 0 Å². The Balaban J connectivity index is 1.44. The van der Waals surface area contributed by atoms with Gasteiger partial charge in [0.25, 0.3) is 5.91 Å². The summed E-state index contributed by atoms with van der Waals surface area (Å²) in [5.74, 6) is -0.551. The van der Waals surface area contributed by atoms with E-state index < -0.39 is 0 Å². The Hall–Kier alpha value is -3.77. The number of anilines is 1. The monoisotopic (exact) mass is 499 g/mol. The Bertz CT molecular complexity index is 1190. The molecule has 0 aliphatic carbocycles. The van der Waals surface area contributed by atoms with E-state index in [4.69, 9.17) is 0 Å². The third-order valence-corrected chi connectivity index (χ3v) is 6.52. The van der Waals surface area contributed by atoms with Gasteiger partial charge in [-0.25, -0.2) is 4.39 Å². The quantitative estimate of drug-likeness (QED) is 0.389. The van der Waals surface area contributed by atoms with Gasteiger partial charge in [-0.2, -0.15) is 0 Å². The van der Waals surface area contributed by atoms with Crippen LogP contribution in [0.15, 0.2) is 84.9 Å². The minimum atomic E-state index is -0.320. The van der Waals surface area contributed by atoms with Gasteiger partial charge in [0.1, 0.15) is 5.82 Å². The number of nitrogens with zero attached hydrogens (tertiary/aromatic N) is 2. The summed E-state index contributed by atoms with van der Waals surface area (Å²) in [7, 11) is 0. The average Bonchev–Trinajstić information content (AvgIpc) is 2.93. The predicted octanol–water partition coefficient (Wildman–Crippen LogP) is 5.22. The summed E-state index contributed by atoms with van der Waals surface area (Å²) >= 11 is 0. The first kappa shape index (κ1) is 26.3. The second kappa shape index (κ2) is 13.5. The van der Waals surface area contributed by atoms with Crippen LogP contribution in [0, 0.1) is 5.82 Å². The van der Waals surface area contributed by atoms with E-state index in [1.54, 1.807) is 29.2 Å². The number of benzene rings is 3. The first-order valence-electron chi connectivity index (χ1n) is 12.9. The van der Waals surface area contributed by atoms with Gasteiger partial charge in [0.2, 0.25) is 5.91 Å². The van der Waals surface area contributed by atoms with E-state index in [2.05, 4.69) is 10.2 Å². The number of likely N-dealkylation sites (tertiary alicyclic amines) is 1. The lowest BCUT2D eigenvalue weighted by molar-refractivity contribution is -0.120. The molecule has 0 atom stereocenters. The van der Waals surface area contributed by atoms with Gasteiger partial charge in [-0.15, -0.1) is 0 Å². The van der Waals surface area contributed by atoms with Crippen LogP contribution < -0.4 is 10.2 Å². The number of halogens is 1. The highest BCUT2D eigenvalue weighted by Crippen LogP contribution is 2.21. The predicted molar refractivity (Wildman–Crippen MR) is 147 cm³/mol. The van der Waals surface area contributed by atoms with E-state index in [-0.39, 0.29) is 30.6 Å². The normalized spacial score (nSPS) is 14.0. The topological polar surface area (TPSA) is 52.7 Å². The molecule has 0 radical (unpaired) electrons. The van der Waals surface area contributed by atoms with Crippen molar-refractivity contribution in [2.24, 2.45) is 0 Å². The van der Waals surface area contributed by atoms with Crippen LogP contribution in [0.2, 0.25) is 0 Å². The van der Waals surface area contributed by atoms with Gasteiger partial charge >= 0.3 is 0 Å². The highest BCUT2D eigenvalue weighted by atomic mass is 19.1. The Morgan fingerprint density at radius 1 is 0.892 bits per heavy atom. The lowest BCUT2D eigenvalue weighted by Gasteiger charge is -2.26. The van der Waals surface area contributed by atoms with Crippen LogP contribution in [-0.2, 0) is 22.6 Å². The molecule has 1 heterocycles. The number of amides is 2. The van der Waals surface area contributed by atoms with Crippen molar-refractivity contribution in [2.75, 3.05) is 31.1 Å². The van der Waals surface area contributed by atoms with Gasteiger partial charge in [0.15, 0.2) is 0 Å². The van der Waals surface area contributed by atoms with E-state index in [9.17, 15) is 14.0 Å². The largest absolute Gasteiger partial charge is 0.355 e. The minimum Gasteiger partial charge on any atom is -0.355 e. The molecule has 0 aromatic heterocycles. The fraction of sp³-hybridized carbons (Fsp3) is 0.290. The van der Waals surface area contributed by atoms with Crippen molar-refractivity contribution in [1.29, 1.82) is 0 Å². The summed E-state index contributed by atoms with van der Waals surface area (Å²) < 4.78 is 13.5. The number of carbonyl (C=O) groups excluding carboxylic acids is 2. The zero-order chi connectivity index (χ0) is 25.9. The molecule has 37 heavy (non-hydrogen) atoms. The fourth-order valence-electron chi connectivity index (χ4n) is 4.51. The minimum absolute atomic E-state index is 0.0328. The van der Waals surface area contributed by atoms with Crippen molar-refractivity contribution >= 4 is 23.6 Å². The molecule has 1 N–H and O–H groups in total. The summed E-state index contributed by atoms with van der Waals surface area (Å²) in [6, 6.07) is 23.2. The number of rotatable bonds is 10. The Morgan fingerprint density at radius 3 is 2.41 bits per heavy atom. The smallest absolute Gasteiger partial charge is 0.251 e. The van der Waals surface area contributed by atoms with Crippen molar-refractivity contribution in [3.8, 4) is 0 Å². The Kier molecular flexibility index (Phi) is 9.60. The van der Waals surface area contributed by atoms with Crippen LogP contribution in [0.4, 0.5) is 10.1 Å². The van der Waals surface area contributed by atoms with Gasteiger partial charge in [-0.1, -0.05) is 61.0 Å². The van der Waals surface area contributed by atoms with Crippen molar-refractivity contribution in [3.63, 3.8) is 0 Å². The SMILES string of the molecule is O=C(Cc1cccc(N(Cc2ccc(F)cc2)C(=O)/C=C/c2ccccc2)c1)NCCN1CCCCC1. The molecule has 1 aliphatic heterocycles. The summed E-state index contributed by atoms with van der Waals surface area (Å²) in [5, 5.41) is 3.03. The van der Waals surface area contributed by atoms with Crippen LogP contribution in [0.25, 0.3) is 6.08 Å². The van der Waals surface area contributed by atoms with Crippen LogP contribution in [-0.4, -0.2) is 42.9 Å². The average molecular weight is 500 g/mol. The Labute approximate surface area is 218 Å². The molecule has 192 valence electrons. The second-order valence-corrected chi connectivity index (χ2v) is 9.39. The molecular weight excluding hydrogens is 465 g/mol. The summed E-state index contributed by atoms with van der Waals surface area (Å²) in [5.41, 5.74) is 3.25. The third-order valence-electron chi connectivity index (χ3n) is 6.52. The molecule has 0 saturated carbocycles. The highest BCUT2D eigenvalue weighted by molar-refractivity contribution is 6.03. The van der Waals surface area contributed by atoms with Gasteiger partial charge < -0.3 is 15.1 Å². The number of piperidine rings is 1. The molecule has 1 saturated heterocycles. The molecule has 1 fully saturated rings. The van der Waals surface area contributed by atoms with Crippen LogP contribution >= 0.6 is 0 Å². The standard InChI is InChI=1S/C31H34FN3O2/c32-28-15-12-26(13-16-28)24-35(31(37)17-14-25-8-3-1-4-9-25)29-11-7-10-27(22-29)23-30(36)33-18-21-34-19-5-2-6-20-34/h1,3-4,7-17,22H,2,5-6,18-21,23-24H2,(H,33,36)/b17-14+. The molecule has 5 nitrogen and oxygen atoms in total. The van der Waals surface area contributed by atoms with Crippen molar-refractivity contribution in [2.45, 2.75) is 32.2 Å². The zero-order valence-electron chi connectivity index (χ0n) is 21.1. The fourth-order valence-corrected chi connectivity index (χ4v) is 4.51. The van der Waals surface area contributed by atoms with Gasteiger partial charge in [0.05, 0.1) is 13.0 Å². The van der Waals surface area contributed by atoms with Crippen LogP contribution in [0.3, 0.4) is 0 Å². The lowest BCUT2D eigenvalue weighted by atomic mass is 10.1. The zero-order valence-corrected chi connectivity index (χ0v) is 21.1. The molecule has 3 aromatic carbocycles. The molecule has 0 spiro atoms. The van der Waals surface area contributed by atoms with E-state index in [0.29, 0.717) is 12.2 Å². The van der Waals surface area contributed by atoms with E-state index in [1.807, 2.05) is 54.6 Å².